The maximum Gasteiger partial charge on any atom is 0.237 e. The molecule has 0 bridgehead atoms. The molecule has 0 aliphatic carbocycles. The monoisotopic (exact) mass is 258 g/mol. The Morgan fingerprint density at radius 3 is 2.65 bits per heavy atom. The maximum atomic E-state index is 11.9. The van der Waals surface area contributed by atoms with Crippen LogP contribution in [0.5, 0.6) is 0 Å². The standard InChI is InChI=1S/C13H26N2OS/c1-10(12(16)15-13(2,3)4)14-9-11-7-5-6-8-17-11/h10-11,14H,5-9H2,1-4H3,(H,15,16). The summed E-state index contributed by atoms with van der Waals surface area (Å²) < 4.78 is 0. The fourth-order valence-electron chi connectivity index (χ4n) is 1.85. The topological polar surface area (TPSA) is 41.1 Å². The molecule has 1 saturated heterocycles. The van der Waals surface area contributed by atoms with E-state index in [0.717, 1.165) is 6.54 Å². The fourth-order valence-corrected chi connectivity index (χ4v) is 3.10. The van der Waals surface area contributed by atoms with Crippen LogP contribution < -0.4 is 10.6 Å². The van der Waals surface area contributed by atoms with Crippen LogP contribution in [0.25, 0.3) is 0 Å². The minimum atomic E-state index is -0.146. The number of thioether (sulfide) groups is 1. The Kier molecular flexibility index (Phi) is 5.80. The predicted molar refractivity (Wildman–Crippen MR) is 75.5 cm³/mol. The van der Waals surface area contributed by atoms with Gasteiger partial charge in [0.2, 0.25) is 5.91 Å². The average molecular weight is 258 g/mol. The van der Waals surface area contributed by atoms with Crippen molar-refractivity contribution in [2.75, 3.05) is 12.3 Å². The van der Waals surface area contributed by atoms with Gasteiger partial charge in [-0.1, -0.05) is 6.42 Å². The van der Waals surface area contributed by atoms with E-state index < -0.39 is 0 Å². The highest BCUT2D eigenvalue weighted by atomic mass is 32.2. The number of carbonyl (C=O) groups is 1. The molecule has 3 nitrogen and oxygen atoms in total. The second-order valence-corrected chi connectivity index (χ2v) is 7.27. The zero-order valence-electron chi connectivity index (χ0n) is 11.5. The zero-order valence-corrected chi connectivity index (χ0v) is 12.3. The third-order valence-electron chi connectivity index (χ3n) is 2.82. The Morgan fingerprint density at radius 2 is 2.12 bits per heavy atom. The van der Waals surface area contributed by atoms with Crippen molar-refractivity contribution >= 4 is 17.7 Å². The summed E-state index contributed by atoms with van der Waals surface area (Å²) in [5.74, 6) is 1.37. The quantitative estimate of drug-likeness (QED) is 0.812. The van der Waals surface area contributed by atoms with Gasteiger partial charge >= 0.3 is 0 Å². The van der Waals surface area contributed by atoms with E-state index in [1.54, 1.807) is 0 Å². The van der Waals surface area contributed by atoms with Gasteiger partial charge in [-0.15, -0.1) is 0 Å². The molecule has 0 aromatic heterocycles. The van der Waals surface area contributed by atoms with Crippen molar-refractivity contribution < 1.29 is 4.79 Å². The van der Waals surface area contributed by atoms with Crippen LogP contribution in [-0.4, -0.2) is 35.0 Å². The summed E-state index contributed by atoms with van der Waals surface area (Å²) in [5, 5.41) is 7.03. The highest BCUT2D eigenvalue weighted by molar-refractivity contribution is 7.99. The smallest absolute Gasteiger partial charge is 0.237 e. The molecule has 0 spiro atoms. The summed E-state index contributed by atoms with van der Waals surface area (Å²) in [5.41, 5.74) is -0.146. The van der Waals surface area contributed by atoms with Crippen LogP contribution in [0.2, 0.25) is 0 Å². The highest BCUT2D eigenvalue weighted by Gasteiger charge is 2.20. The van der Waals surface area contributed by atoms with Gasteiger partial charge in [0.05, 0.1) is 6.04 Å². The first-order chi connectivity index (χ1) is 7.88. The minimum Gasteiger partial charge on any atom is -0.350 e. The van der Waals surface area contributed by atoms with E-state index in [1.807, 2.05) is 39.5 Å². The van der Waals surface area contributed by atoms with Gasteiger partial charge in [-0.3, -0.25) is 4.79 Å². The molecule has 100 valence electrons. The van der Waals surface area contributed by atoms with Crippen LogP contribution in [0, 0.1) is 0 Å². The molecule has 0 saturated carbocycles. The summed E-state index contributed by atoms with van der Waals surface area (Å²) in [6.45, 7) is 8.91. The number of nitrogens with one attached hydrogen (secondary N) is 2. The van der Waals surface area contributed by atoms with Gasteiger partial charge < -0.3 is 10.6 Å². The van der Waals surface area contributed by atoms with E-state index in [-0.39, 0.29) is 17.5 Å². The lowest BCUT2D eigenvalue weighted by atomic mass is 10.1. The van der Waals surface area contributed by atoms with Crippen LogP contribution in [0.3, 0.4) is 0 Å². The van der Waals surface area contributed by atoms with Gasteiger partial charge in [0.1, 0.15) is 0 Å². The van der Waals surface area contributed by atoms with Gasteiger partial charge in [0.15, 0.2) is 0 Å². The van der Waals surface area contributed by atoms with Gasteiger partial charge in [0, 0.05) is 17.3 Å². The summed E-state index contributed by atoms with van der Waals surface area (Å²) in [6, 6.07) is -0.100. The fraction of sp³-hybridized carbons (Fsp3) is 0.923. The van der Waals surface area contributed by atoms with Crippen LogP contribution in [0.4, 0.5) is 0 Å². The molecule has 1 fully saturated rings. The van der Waals surface area contributed by atoms with E-state index in [2.05, 4.69) is 10.6 Å². The molecule has 0 aromatic rings. The Balaban J connectivity index is 2.23. The largest absolute Gasteiger partial charge is 0.350 e. The second kappa shape index (κ2) is 6.64. The van der Waals surface area contributed by atoms with Crippen LogP contribution in [-0.2, 0) is 4.79 Å². The lowest BCUT2D eigenvalue weighted by molar-refractivity contribution is -0.124. The summed E-state index contributed by atoms with van der Waals surface area (Å²) in [6.07, 6.45) is 3.97. The maximum absolute atomic E-state index is 11.9. The third kappa shape index (κ3) is 6.32. The molecule has 0 aromatic carbocycles. The second-order valence-electron chi connectivity index (χ2n) is 5.86. The molecule has 1 amide bonds. The average Bonchev–Trinajstić information content (AvgIpc) is 2.25. The van der Waals surface area contributed by atoms with Gasteiger partial charge in [-0.2, -0.15) is 11.8 Å². The van der Waals surface area contributed by atoms with Gasteiger partial charge in [-0.25, -0.2) is 0 Å². The number of hydrogen-bond donors (Lipinski definition) is 2. The molecule has 0 radical (unpaired) electrons. The SMILES string of the molecule is CC(NCC1CCCCS1)C(=O)NC(C)(C)C. The molecule has 1 aliphatic rings. The molecule has 1 aliphatic heterocycles. The lowest BCUT2D eigenvalue weighted by Gasteiger charge is -2.26. The Morgan fingerprint density at radius 1 is 1.41 bits per heavy atom. The molecular formula is C13H26N2OS. The number of hydrogen-bond acceptors (Lipinski definition) is 3. The van der Waals surface area contributed by atoms with E-state index in [9.17, 15) is 4.79 Å². The first-order valence-corrected chi connectivity index (χ1v) is 7.60. The Labute approximate surface area is 109 Å². The molecule has 2 N–H and O–H groups in total. The molecule has 1 heterocycles. The van der Waals surface area contributed by atoms with Gasteiger partial charge in [-0.05, 0) is 46.3 Å². The molecule has 4 heteroatoms. The van der Waals surface area contributed by atoms with Crippen LogP contribution in [0.1, 0.15) is 47.0 Å². The van der Waals surface area contributed by atoms with E-state index in [1.165, 1.54) is 25.0 Å². The summed E-state index contributed by atoms with van der Waals surface area (Å²) >= 11 is 2.04. The molecule has 17 heavy (non-hydrogen) atoms. The van der Waals surface area contributed by atoms with Crippen molar-refractivity contribution in [3.05, 3.63) is 0 Å². The first kappa shape index (κ1) is 14.8. The predicted octanol–water partition coefficient (Wildman–Crippen LogP) is 2.16. The number of amides is 1. The molecule has 1 rings (SSSR count). The van der Waals surface area contributed by atoms with Crippen molar-refractivity contribution in [2.45, 2.75) is 63.8 Å². The van der Waals surface area contributed by atoms with Crippen molar-refractivity contribution in [3.8, 4) is 0 Å². The van der Waals surface area contributed by atoms with E-state index in [4.69, 9.17) is 0 Å². The summed E-state index contributed by atoms with van der Waals surface area (Å²) in [7, 11) is 0. The molecule has 2 atom stereocenters. The summed E-state index contributed by atoms with van der Waals surface area (Å²) in [4.78, 5) is 11.9. The van der Waals surface area contributed by atoms with Gasteiger partial charge in [0.25, 0.3) is 0 Å². The van der Waals surface area contributed by atoms with Crippen molar-refractivity contribution in [3.63, 3.8) is 0 Å². The lowest BCUT2D eigenvalue weighted by Crippen LogP contribution is -2.50. The highest BCUT2D eigenvalue weighted by Crippen LogP contribution is 2.24. The normalized spacial score (nSPS) is 23.2. The zero-order chi connectivity index (χ0) is 12.9. The van der Waals surface area contributed by atoms with Crippen LogP contribution >= 0.6 is 11.8 Å². The van der Waals surface area contributed by atoms with E-state index >= 15 is 0 Å². The first-order valence-electron chi connectivity index (χ1n) is 6.55. The Hall–Kier alpha value is -0.220. The minimum absolute atomic E-state index is 0.0957. The van der Waals surface area contributed by atoms with Crippen molar-refractivity contribution in [1.82, 2.24) is 10.6 Å². The van der Waals surface area contributed by atoms with Crippen LogP contribution in [0.15, 0.2) is 0 Å². The molecular weight excluding hydrogens is 232 g/mol. The molecule has 2 unspecified atom stereocenters. The van der Waals surface area contributed by atoms with Crippen molar-refractivity contribution in [2.24, 2.45) is 0 Å². The van der Waals surface area contributed by atoms with E-state index in [0.29, 0.717) is 5.25 Å². The number of rotatable bonds is 4. The number of carbonyl (C=O) groups excluding carboxylic acids is 1. The Bertz CT molecular complexity index is 244. The third-order valence-corrected chi connectivity index (χ3v) is 4.22. The van der Waals surface area contributed by atoms with Crippen molar-refractivity contribution in [1.29, 1.82) is 0 Å².